The van der Waals surface area contributed by atoms with Crippen molar-refractivity contribution in [2.24, 2.45) is 5.73 Å². The van der Waals surface area contributed by atoms with Gasteiger partial charge in [0.1, 0.15) is 5.82 Å². The molecule has 0 spiro atoms. The summed E-state index contributed by atoms with van der Waals surface area (Å²) >= 11 is 0. The van der Waals surface area contributed by atoms with Crippen LogP contribution in [0.5, 0.6) is 0 Å². The number of hydrogen-bond acceptors (Lipinski definition) is 6. The number of halogens is 3. The molecule has 0 saturated carbocycles. The molecule has 26 heavy (non-hydrogen) atoms. The Kier molecular flexibility index (Phi) is 15.0. The number of nitrogens with one attached hydrogen (secondary N) is 1. The van der Waals surface area contributed by atoms with E-state index in [0.717, 1.165) is 37.6 Å². The lowest BCUT2D eigenvalue weighted by Crippen LogP contribution is -2.44. The number of carbonyl (C=O) groups is 1. The maximum absolute atomic E-state index is 11.9. The summed E-state index contributed by atoms with van der Waals surface area (Å²) in [5.41, 5.74) is 6.57. The Morgan fingerprint density at radius 2 is 1.96 bits per heavy atom. The van der Waals surface area contributed by atoms with E-state index in [1.54, 1.807) is 13.3 Å². The fraction of sp³-hybridized carbons (Fsp3) is 0.625. The monoisotopic (exact) mass is 429 g/mol. The van der Waals surface area contributed by atoms with Crippen molar-refractivity contribution in [3.63, 3.8) is 0 Å². The molecule has 1 aromatic rings. The van der Waals surface area contributed by atoms with Crippen LogP contribution < -0.4 is 16.0 Å². The van der Waals surface area contributed by atoms with Crippen LogP contribution in [0.2, 0.25) is 0 Å². The molecule has 2 heterocycles. The van der Waals surface area contributed by atoms with Gasteiger partial charge in [-0.2, -0.15) is 0 Å². The van der Waals surface area contributed by atoms with Gasteiger partial charge in [-0.3, -0.25) is 4.79 Å². The number of anilines is 1. The normalized spacial score (nSPS) is 15.1. The fourth-order valence-corrected chi connectivity index (χ4v) is 2.52. The Balaban J connectivity index is 0. The van der Waals surface area contributed by atoms with E-state index in [1.165, 1.54) is 0 Å². The van der Waals surface area contributed by atoms with Gasteiger partial charge in [0.2, 0.25) is 5.91 Å². The topological polar surface area (TPSA) is 83.7 Å². The van der Waals surface area contributed by atoms with Crippen LogP contribution in [0, 0.1) is 0 Å². The van der Waals surface area contributed by atoms with Crippen LogP contribution in [-0.2, 0) is 16.1 Å². The molecule has 1 atom stereocenters. The van der Waals surface area contributed by atoms with Crippen molar-refractivity contribution < 1.29 is 9.53 Å². The standard InChI is InChI=1S/C16H27N5O2.3ClH/c1-20-5-7-21(8-6-20)15-9-13(3-4-18-15)12-19-16(22)10-14(11-17)23-2;;;/h3-4,9,14H,5-8,10-12,17H2,1-2H3,(H,19,22);3*1H. The third-order valence-corrected chi connectivity index (χ3v) is 4.14. The first-order chi connectivity index (χ1) is 11.1. The van der Waals surface area contributed by atoms with Crippen molar-refractivity contribution in [3.8, 4) is 0 Å². The second kappa shape index (κ2) is 14.3. The van der Waals surface area contributed by atoms with E-state index >= 15 is 0 Å². The zero-order chi connectivity index (χ0) is 16.7. The SMILES string of the molecule is COC(CN)CC(=O)NCc1ccnc(N2CCN(C)CC2)c1.Cl.Cl.Cl. The second-order valence-electron chi connectivity index (χ2n) is 5.89. The molecule has 2 rings (SSSR count). The average molecular weight is 431 g/mol. The number of nitrogens with zero attached hydrogens (tertiary/aromatic N) is 3. The summed E-state index contributed by atoms with van der Waals surface area (Å²) in [4.78, 5) is 20.9. The van der Waals surface area contributed by atoms with E-state index in [1.807, 2.05) is 12.1 Å². The molecule has 1 amide bonds. The van der Waals surface area contributed by atoms with Crippen molar-refractivity contribution in [1.82, 2.24) is 15.2 Å². The summed E-state index contributed by atoms with van der Waals surface area (Å²) in [6.45, 7) is 4.87. The minimum Gasteiger partial charge on any atom is -0.380 e. The van der Waals surface area contributed by atoms with Crippen molar-refractivity contribution in [2.45, 2.75) is 19.1 Å². The molecule has 1 fully saturated rings. The average Bonchev–Trinajstić information content (AvgIpc) is 2.58. The largest absolute Gasteiger partial charge is 0.380 e. The molecular formula is C16H30Cl3N5O2. The fourth-order valence-electron chi connectivity index (χ4n) is 2.52. The molecule has 1 aliphatic heterocycles. The first kappa shape index (κ1) is 27.4. The van der Waals surface area contributed by atoms with Gasteiger partial charge in [0.25, 0.3) is 0 Å². The molecule has 0 bridgehead atoms. The quantitative estimate of drug-likeness (QED) is 0.673. The lowest BCUT2D eigenvalue weighted by atomic mass is 10.2. The highest BCUT2D eigenvalue weighted by atomic mass is 35.5. The number of carbonyl (C=O) groups excluding carboxylic acids is 1. The van der Waals surface area contributed by atoms with Gasteiger partial charge in [0.05, 0.1) is 12.5 Å². The number of ether oxygens (including phenoxy) is 1. The molecule has 0 aliphatic carbocycles. The maximum atomic E-state index is 11.9. The molecule has 10 heteroatoms. The molecule has 3 N–H and O–H groups in total. The molecule has 0 aromatic carbocycles. The second-order valence-corrected chi connectivity index (χ2v) is 5.89. The van der Waals surface area contributed by atoms with Crippen LogP contribution in [0.1, 0.15) is 12.0 Å². The van der Waals surface area contributed by atoms with E-state index in [9.17, 15) is 4.79 Å². The van der Waals surface area contributed by atoms with Gasteiger partial charge in [0, 0.05) is 52.6 Å². The summed E-state index contributed by atoms with van der Waals surface area (Å²) in [7, 11) is 3.70. The zero-order valence-electron chi connectivity index (χ0n) is 15.2. The van der Waals surface area contributed by atoms with Crippen molar-refractivity contribution in [3.05, 3.63) is 23.9 Å². The van der Waals surface area contributed by atoms with Gasteiger partial charge in [-0.25, -0.2) is 4.98 Å². The number of aromatic nitrogens is 1. The van der Waals surface area contributed by atoms with Crippen LogP contribution in [0.3, 0.4) is 0 Å². The number of pyridine rings is 1. The number of methoxy groups -OCH3 is 1. The molecule has 1 aromatic heterocycles. The van der Waals surface area contributed by atoms with Gasteiger partial charge >= 0.3 is 0 Å². The van der Waals surface area contributed by atoms with Gasteiger partial charge in [-0.1, -0.05) is 0 Å². The Bertz CT molecular complexity index is 512. The molecule has 152 valence electrons. The molecule has 0 radical (unpaired) electrons. The van der Waals surface area contributed by atoms with Gasteiger partial charge < -0.3 is 25.6 Å². The Morgan fingerprint density at radius 1 is 1.31 bits per heavy atom. The number of hydrogen-bond donors (Lipinski definition) is 2. The smallest absolute Gasteiger partial charge is 0.222 e. The molecule has 1 saturated heterocycles. The summed E-state index contributed by atoms with van der Waals surface area (Å²) < 4.78 is 5.12. The lowest BCUT2D eigenvalue weighted by Gasteiger charge is -2.33. The Morgan fingerprint density at radius 3 is 2.54 bits per heavy atom. The highest BCUT2D eigenvalue weighted by Crippen LogP contribution is 2.14. The van der Waals surface area contributed by atoms with Gasteiger partial charge in [-0.05, 0) is 24.7 Å². The van der Waals surface area contributed by atoms with Crippen molar-refractivity contribution >= 4 is 48.9 Å². The molecule has 1 aliphatic rings. The lowest BCUT2D eigenvalue weighted by molar-refractivity contribution is -0.123. The summed E-state index contributed by atoms with van der Waals surface area (Å²) in [5, 5.41) is 2.91. The van der Waals surface area contributed by atoms with Gasteiger partial charge in [-0.15, -0.1) is 37.2 Å². The minimum atomic E-state index is -0.228. The summed E-state index contributed by atoms with van der Waals surface area (Å²) in [6.07, 6.45) is 1.85. The highest BCUT2D eigenvalue weighted by molar-refractivity contribution is 5.86. The van der Waals surface area contributed by atoms with E-state index in [-0.39, 0.29) is 55.7 Å². The highest BCUT2D eigenvalue weighted by Gasteiger charge is 2.16. The first-order valence-electron chi connectivity index (χ1n) is 8.00. The third-order valence-electron chi connectivity index (χ3n) is 4.14. The van der Waals surface area contributed by atoms with Crippen LogP contribution in [0.25, 0.3) is 0 Å². The zero-order valence-corrected chi connectivity index (χ0v) is 17.7. The van der Waals surface area contributed by atoms with E-state index in [0.29, 0.717) is 13.1 Å². The molecule has 7 nitrogen and oxygen atoms in total. The number of likely N-dealkylation sites (N-methyl/N-ethyl adjacent to an activating group) is 1. The maximum Gasteiger partial charge on any atom is 0.222 e. The summed E-state index contributed by atoms with van der Waals surface area (Å²) in [6, 6.07) is 3.97. The first-order valence-corrected chi connectivity index (χ1v) is 8.00. The third kappa shape index (κ3) is 8.70. The Hall–Kier alpha value is -0.830. The Labute approximate surface area is 174 Å². The minimum absolute atomic E-state index is 0. The van der Waals surface area contributed by atoms with Crippen molar-refractivity contribution in [1.29, 1.82) is 0 Å². The van der Waals surface area contributed by atoms with Crippen molar-refractivity contribution in [2.75, 3.05) is 51.8 Å². The van der Waals surface area contributed by atoms with Crippen LogP contribution in [0.15, 0.2) is 18.3 Å². The molecule has 1 unspecified atom stereocenters. The molecular weight excluding hydrogens is 401 g/mol. The summed E-state index contributed by atoms with van der Waals surface area (Å²) in [5.74, 6) is 0.918. The van der Waals surface area contributed by atoms with Crippen LogP contribution >= 0.6 is 37.2 Å². The predicted molar refractivity (Wildman–Crippen MR) is 112 cm³/mol. The number of amides is 1. The van der Waals surface area contributed by atoms with E-state index in [4.69, 9.17) is 10.5 Å². The van der Waals surface area contributed by atoms with Gasteiger partial charge in [0.15, 0.2) is 0 Å². The number of nitrogens with two attached hydrogens (primary N) is 1. The van der Waals surface area contributed by atoms with Crippen LogP contribution in [0.4, 0.5) is 5.82 Å². The van der Waals surface area contributed by atoms with E-state index in [2.05, 4.69) is 27.1 Å². The van der Waals surface area contributed by atoms with E-state index < -0.39 is 0 Å². The predicted octanol–water partition coefficient (Wildman–Crippen LogP) is 1.08. The van der Waals surface area contributed by atoms with Crippen LogP contribution in [-0.4, -0.2) is 68.8 Å². The number of rotatable bonds is 7. The number of piperazine rings is 1.